The number of hydrogen-bond donors (Lipinski definition) is 1. The van der Waals surface area contributed by atoms with Crippen molar-refractivity contribution in [3.05, 3.63) is 39.8 Å². The molecule has 0 spiro atoms. The number of rotatable bonds is 11. The standard InChI is InChI=1S/C22H31NO3S/c1-4-5-6-7-8-9-12-23-21(25)19(20(22(23)26)27-14-13-24)18-11-10-16(2)15-17(18)3/h10-11,15,24H,4-9,12-14H2,1-3H3. The van der Waals surface area contributed by atoms with Crippen molar-refractivity contribution in [3.63, 3.8) is 0 Å². The summed E-state index contributed by atoms with van der Waals surface area (Å²) >= 11 is 1.28. The van der Waals surface area contributed by atoms with Crippen LogP contribution in [0.1, 0.15) is 62.1 Å². The Balaban J connectivity index is 2.17. The van der Waals surface area contributed by atoms with E-state index in [4.69, 9.17) is 0 Å². The lowest BCUT2D eigenvalue weighted by Crippen LogP contribution is -2.32. The van der Waals surface area contributed by atoms with Gasteiger partial charge in [-0.25, -0.2) is 0 Å². The Kier molecular flexibility index (Phi) is 8.58. The maximum atomic E-state index is 13.1. The molecule has 2 rings (SSSR count). The third-order valence-corrected chi connectivity index (χ3v) is 5.90. The first-order chi connectivity index (χ1) is 13.0. The van der Waals surface area contributed by atoms with E-state index in [1.807, 2.05) is 32.0 Å². The number of hydrogen-bond acceptors (Lipinski definition) is 4. The van der Waals surface area contributed by atoms with Gasteiger partial charge in [0.05, 0.1) is 17.1 Å². The molecule has 1 N–H and O–H groups in total. The number of aliphatic hydroxyl groups excluding tert-OH is 1. The molecule has 1 aromatic rings. The molecule has 0 aliphatic carbocycles. The van der Waals surface area contributed by atoms with Crippen molar-refractivity contribution in [2.24, 2.45) is 0 Å². The van der Waals surface area contributed by atoms with E-state index in [2.05, 4.69) is 6.92 Å². The van der Waals surface area contributed by atoms with Gasteiger partial charge in [0.15, 0.2) is 0 Å². The molecule has 5 heteroatoms. The number of carbonyl (C=O) groups excluding carboxylic acids is 2. The Morgan fingerprint density at radius 1 is 1.00 bits per heavy atom. The molecule has 0 fully saturated rings. The monoisotopic (exact) mass is 389 g/mol. The van der Waals surface area contributed by atoms with E-state index in [0.717, 1.165) is 36.0 Å². The number of imide groups is 1. The van der Waals surface area contributed by atoms with Crippen LogP contribution in [0.5, 0.6) is 0 Å². The largest absolute Gasteiger partial charge is 0.396 e. The Morgan fingerprint density at radius 3 is 2.37 bits per heavy atom. The van der Waals surface area contributed by atoms with Crippen LogP contribution in [-0.2, 0) is 9.59 Å². The number of aryl methyl sites for hydroxylation is 2. The minimum absolute atomic E-state index is 0.0206. The predicted molar refractivity (Wildman–Crippen MR) is 112 cm³/mol. The van der Waals surface area contributed by atoms with Crippen LogP contribution in [0, 0.1) is 13.8 Å². The van der Waals surface area contributed by atoms with E-state index in [1.54, 1.807) is 0 Å². The third-order valence-electron chi connectivity index (χ3n) is 4.85. The SMILES string of the molecule is CCCCCCCCN1C(=O)C(SCCO)=C(c2ccc(C)cc2C)C1=O. The van der Waals surface area contributed by atoms with Gasteiger partial charge in [-0.15, -0.1) is 11.8 Å². The molecule has 27 heavy (non-hydrogen) atoms. The van der Waals surface area contributed by atoms with E-state index in [-0.39, 0.29) is 18.4 Å². The molecule has 0 atom stereocenters. The Hall–Kier alpha value is -1.59. The average molecular weight is 390 g/mol. The summed E-state index contributed by atoms with van der Waals surface area (Å²) in [6, 6.07) is 5.93. The van der Waals surface area contributed by atoms with Gasteiger partial charge in [-0.2, -0.15) is 0 Å². The second kappa shape index (κ2) is 10.7. The van der Waals surface area contributed by atoms with Gasteiger partial charge < -0.3 is 5.11 Å². The lowest BCUT2D eigenvalue weighted by Gasteiger charge is -2.15. The maximum Gasteiger partial charge on any atom is 0.267 e. The van der Waals surface area contributed by atoms with Crippen LogP contribution in [-0.4, -0.2) is 40.7 Å². The van der Waals surface area contributed by atoms with E-state index in [1.165, 1.54) is 35.9 Å². The zero-order chi connectivity index (χ0) is 19.8. The van der Waals surface area contributed by atoms with Gasteiger partial charge in [0.25, 0.3) is 11.8 Å². The fraction of sp³-hybridized carbons (Fsp3) is 0.545. The van der Waals surface area contributed by atoms with Crippen LogP contribution in [0.25, 0.3) is 5.57 Å². The molecule has 0 radical (unpaired) electrons. The van der Waals surface area contributed by atoms with Crippen molar-refractivity contribution in [2.75, 3.05) is 18.9 Å². The summed E-state index contributed by atoms with van der Waals surface area (Å²) in [7, 11) is 0. The van der Waals surface area contributed by atoms with Crippen molar-refractivity contribution >= 4 is 29.1 Å². The molecule has 1 aliphatic heterocycles. The molecule has 0 unspecified atom stereocenters. The maximum absolute atomic E-state index is 13.1. The summed E-state index contributed by atoms with van der Waals surface area (Å²) in [5.74, 6) is 0.0103. The van der Waals surface area contributed by atoms with Gasteiger partial charge in [0.1, 0.15) is 0 Å². The van der Waals surface area contributed by atoms with Crippen LogP contribution in [0.4, 0.5) is 0 Å². The van der Waals surface area contributed by atoms with Crippen molar-refractivity contribution in [1.29, 1.82) is 0 Å². The Morgan fingerprint density at radius 2 is 1.70 bits per heavy atom. The van der Waals surface area contributed by atoms with Crippen molar-refractivity contribution in [3.8, 4) is 0 Å². The number of unbranched alkanes of at least 4 members (excludes halogenated alkanes) is 5. The zero-order valence-electron chi connectivity index (χ0n) is 16.7. The number of nitrogens with zero attached hydrogens (tertiary/aromatic N) is 1. The van der Waals surface area contributed by atoms with Gasteiger partial charge in [0.2, 0.25) is 0 Å². The minimum atomic E-state index is -0.206. The smallest absolute Gasteiger partial charge is 0.267 e. The van der Waals surface area contributed by atoms with Crippen LogP contribution < -0.4 is 0 Å². The molecule has 4 nitrogen and oxygen atoms in total. The molecule has 1 aliphatic rings. The lowest BCUT2D eigenvalue weighted by molar-refractivity contribution is -0.136. The van der Waals surface area contributed by atoms with Crippen molar-refractivity contribution in [1.82, 2.24) is 4.90 Å². The quantitative estimate of drug-likeness (QED) is 0.448. The van der Waals surface area contributed by atoms with Crippen LogP contribution in [0.2, 0.25) is 0 Å². The zero-order valence-corrected chi connectivity index (χ0v) is 17.5. The molecule has 0 saturated carbocycles. The highest BCUT2D eigenvalue weighted by molar-refractivity contribution is 8.04. The molecule has 0 saturated heterocycles. The van der Waals surface area contributed by atoms with E-state index in [9.17, 15) is 14.7 Å². The number of amides is 2. The number of aliphatic hydroxyl groups is 1. The van der Waals surface area contributed by atoms with Crippen molar-refractivity contribution in [2.45, 2.75) is 59.3 Å². The van der Waals surface area contributed by atoms with E-state index in [0.29, 0.717) is 22.8 Å². The molecule has 1 heterocycles. The highest BCUT2D eigenvalue weighted by Gasteiger charge is 2.39. The number of benzene rings is 1. The number of carbonyl (C=O) groups is 2. The topological polar surface area (TPSA) is 57.6 Å². The highest BCUT2D eigenvalue weighted by atomic mass is 32.2. The van der Waals surface area contributed by atoms with Gasteiger partial charge in [-0.3, -0.25) is 14.5 Å². The second-order valence-corrected chi connectivity index (χ2v) is 8.23. The first-order valence-corrected chi connectivity index (χ1v) is 10.9. The van der Waals surface area contributed by atoms with Crippen molar-refractivity contribution < 1.29 is 14.7 Å². The fourth-order valence-corrected chi connectivity index (χ4v) is 4.29. The normalized spacial score (nSPS) is 14.6. The van der Waals surface area contributed by atoms with E-state index < -0.39 is 0 Å². The first-order valence-electron chi connectivity index (χ1n) is 9.93. The Bertz CT molecular complexity index is 712. The van der Waals surface area contributed by atoms with Crippen LogP contribution >= 0.6 is 11.8 Å². The molecule has 148 valence electrons. The summed E-state index contributed by atoms with van der Waals surface area (Å²) < 4.78 is 0. The molecule has 2 amide bonds. The van der Waals surface area contributed by atoms with Crippen LogP contribution in [0.3, 0.4) is 0 Å². The Labute approximate surface area is 167 Å². The summed E-state index contributed by atoms with van der Waals surface area (Å²) in [5, 5.41) is 9.18. The van der Waals surface area contributed by atoms with E-state index >= 15 is 0 Å². The fourth-order valence-electron chi connectivity index (χ4n) is 3.42. The summed E-state index contributed by atoms with van der Waals surface area (Å²) in [6.07, 6.45) is 6.68. The molecular formula is C22H31NO3S. The molecule has 0 bridgehead atoms. The first kappa shape index (κ1) is 21.7. The minimum Gasteiger partial charge on any atom is -0.396 e. The van der Waals surface area contributed by atoms with Gasteiger partial charge >= 0.3 is 0 Å². The summed E-state index contributed by atoms with van der Waals surface area (Å²) in [5.41, 5.74) is 3.45. The lowest BCUT2D eigenvalue weighted by atomic mass is 9.99. The molecule has 0 aromatic heterocycles. The number of thioether (sulfide) groups is 1. The van der Waals surface area contributed by atoms with Crippen LogP contribution in [0.15, 0.2) is 23.1 Å². The molecular weight excluding hydrogens is 358 g/mol. The van der Waals surface area contributed by atoms with Gasteiger partial charge in [-0.1, -0.05) is 62.8 Å². The second-order valence-electron chi connectivity index (χ2n) is 7.12. The van der Waals surface area contributed by atoms with Gasteiger partial charge in [-0.05, 0) is 31.4 Å². The average Bonchev–Trinajstić information content (AvgIpc) is 2.87. The third kappa shape index (κ3) is 5.45. The summed E-state index contributed by atoms with van der Waals surface area (Å²) in [4.78, 5) is 27.8. The summed E-state index contributed by atoms with van der Waals surface area (Å²) in [6.45, 7) is 6.62. The van der Waals surface area contributed by atoms with Gasteiger partial charge in [0, 0.05) is 12.3 Å². The molecule has 1 aromatic carbocycles. The highest BCUT2D eigenvalue weighted by Crippen LogP contribution is 2.37. The predicted octanol–water partition coefficient (Wildman–Crippen LogP) is 4.47.